The van der Waals surface area contributed by atoms with Crippen molar-refractivity contribution in [2.24, 2.45) is 0 Å². The maximum Gasteiger partial charge on any atom is 0.266 e. The fourth-order valence-corrected chi connectivity index (χ4v) is 3.46. The van der Waals surface area contributed by atoms with Crippen LogP contribution in [0.2, 0.25) is 5.02 Å². The molecule has 22 heavy (non-hydrogen) atoms. The molecular weight excluding hydrogens is 326 g/mol. The first kappa shape index (κ1) is 15.1. The van der Waals surface area contributed by atoms with Crippen LogP contribution in [0, 0.1) is 0 Å². The van der Waals surface area contributed by atoms with Gasteiger partial charge in [0, 0.05) is 17.1 Å². The number of nitrogens with one attached hydrogen (secondary N) is 1. The molecule has 0 unspecified atom stereocenters. The molecule has 1 N–H and O–H groups in total. The summed E-state index contributed by atoms with van der Waals surface area (Å²) in [5.41, 5.74) is 0. The lowest BCUT2D eigenvalue weighted by Crippen LogP contribution is -2.15. The van der Waals surface area contributed by atoms with E-state index >= 15 is 0 Å². The van der Waals surface area contributed by atoms with E-state index in [0.29, 0.717) is 16.8 Å². The highest BCUT2D eigenvalue weighted by molar-refractivity contribution is 7.92. The number of ether oxygens (including phenoxy) is 1. The van der Waals surface area contributed by atoms with Gasteiger partial charge < -0.3 is 4.74 Å². The minimum atomic E-state index is -3.85. The molecule has 0 aliphatic heterocycles. The minimum Gasteiger partial charge on any atom is -0.495 e. The van der Waals surface area contributed by atoms with Gasteiger partial charge in [-0.15, -0.1) is 0 Å². The molecule has 8 heteroatoms. The summed E-state index contributed by atoms with van der Waals surface area (Å²) in [6.45, 7) is 0. The van der Waals surface area contributed by atoms with Crippen LogP contribution in [-0.4, -0.2) is 25.5 Å². The summed E-state index contributed by atoms with van der Waals surface area (Å²) in [6, 6.07) is 5.92. The van der Waals surface area contributed by atoms with Gasteiger partial charge in [0.1, 0.15) is 22.3 Å². The monoisotopic (exact) mass is 339 g/mol. The average molecular weight is 340 g/mol. The SMILES string of the molecule is COc1ccc(Cl)cc1S(=O)(=O)Nc1ccnc(C2CC2)n1. The van der Waals surface area contributed by atoms with Crippen LogP contribution in [0.5, 0.6) is 5.75 Å². The minimum absolute atomic E-state index is 0.0333. The number of anilines is 1. The Morgan fingerprint density at radius 2 is 2.09 bits per heavy atom. The zero-order chi connectivity index (χ0) is 15.7. The highest BCUT2D eigenvalue weighted by Crippen LogP contribution is 2.38. The number of aromatic nitrogens is 2. The molecule has 1 saturated carbocycles. The van der Waals surface area contributed by atoms with Crippen molar-refractivity contribution < 1.29 is 13.2 Å². The van der Waals surface area contributed by atoms with Crippen molar-refractivity contribution in [1.29, 1.82) is 0 Å². The maximum absolute atomic E-state index is 12.5. The topological polar surface area (TPSA) is 81.2 Å². The van der Waals surface area contributed by atoms with Crippen molar-refractivity contribution in [3.8, 4) is 5.75 Å². The van der Waals surface area contributed by atoms with E-state index in [2.05, 4.69) is 14.7 Å². The van der Waals surface area contributed by atoms with Crippen LogP contribution < -0.4 is 9.46 Å². The van der Waals surface area contributed by atoms with Gasteiger partial charge in [0.2, 0.25) is 0 Å². The van der Waals surface area contributed by atoms with E-state index in [0.717, 1.165) is 12.8 Å². The van der Waals surface area contributed by atoms with Gasteiger partial charge in [0.05, 0.1) is 7.11 Å². The van der Waals surface area contributed by atoms with Crippen molar-refractivity contribution in [2.75, 3.05) is 11.8 Å². The largest absolute Gasteiger partial charge is 0.495 e. The van der Waals surface area contributed by atoms with Crippen molar-refractivity contribution in [1.82, 2.24) is 9.97 Å². The molecule has 1 aromatic heterocycles. The quantitative estimate of drug-likeness (QED) is 0.905. The standard InChI is InChI=1S/C14H14ClN3O3S/c1-21-11-5-4-10(15)8-12(11)22(19,20)18-13-6-7-16-14(17-13)9-2-3-9/h4-9H,2-3H2,1H3,(H,16,17,18). The Morgan fingerprint density at radius 1 is 1.32 bits per heavy atom. The first-order valence-corrected chi connectivity index (χ1v) is 8.55. The molecule has 1 aliphatic carbocycles. The number of hydrogen-bond donors (Lipinski definition) is 1. The summed E-state index contributed by atoms with van der Waals surface area (Å²) in [7, 11) is -2.45. The van der Waals surface area contributed by atoms with E-state index in [1.165, 1.54) is 25.3 Å². The van der Waals surface area contributed by atoms with E-state index in [9.17, 15) is 8.42 Å². The van der Waals surface area contributed by atoms with Gasteiger partial charge in [-0.3, -0.25) is 4.72 Å². The molecule has 1 heterocycles. The number of nitrogens with zero attached hydrogens (tertiary/aromatic N) is 2. The molecule has 2 aromatic rings. The van der Waals surface area contributed by atoms with Crippen molar-refractivity contribution >= 4 is 27.4 Å². The highest BCUT2D eigenvalue weighted by atomic mass is 35.5. The molecule has 0 bridgehead atoms. The van der Waals surface area contributed by atoms with Gasteiger partial charge in [0.25, 0.3) is 10.0 Å². The summed E-state index contributed by atoms with van der Waals surface area (Å²) in [4.78, 5) is 8.38. The molecule has 0 radical (unpaired) electrons. The van der Waals surface area contributed by atoms with Crippen molar-refractivity contribution in [3.05, 3.63) is 41.3 Å². The average Bonchev–Trinajstić information content (AvgIpc) is 3.32. The summed E-state index contributed by atoms with van der Waals surface area (Å²) in [5.74, 6) is 1.45. The summed E-state index contributed by atoms with van der Waals surface area (Å²) in [6.07, 6.45) is 3.63. The van der Waals surface area contributed by atoms with E-state index in [1.807, 2.05) is 0 Å². The molecule has 0 atom stereocenters. The first-order chi connectivity index (χ1) is 10.5. The van der Waals surface area contributed by atoms with Crippen LogP contribution in [-0.2, 0) is 10.0 Å². The second-order valence-corrected chi connectivity index (χ2v) is 7.06. The third kappa shape index (κ3) is 3.15. The predicted octanol–water partition coefficient (Wildman–Crippen LogP) is 2.82. The van der Waals surface area contributed by atoms with Gasteiger partial charge in [-0.05, 0) is 37.1 Å². The van der Waals surface area contributed by atoms with Gasteiger partial charge >= 0.3 is 0 Å². The molecule has 6 nitrogen and oxygen atoms in total. The molecule has 1 fully saturated rings. The zero-order valence-corrected chi connectivity index (χ0v) is 13.4. The lowest BCUT2D eigenvalue weighted by atomic mass is 10.3. The smallest absolute Gasteiger partial charge is 0.266 e. The van der Waals surface area contributed by atoms with Gasteiger partial charge in [0.15, 0.2) is 0 Å². The Morgan fingerprint density at radius 3 is 2.77 bits per heavy atom. The Balaban J connectivity index is 1.93. The molecule has 1 aliphatic rings. The van der Waals surface area contributed by atoms with Crippen LogP contribution >= 0.6 is 11.6 Å². The van der Waals surface area contributed by atoms with Crippen LogP contribution in [0.25, 0.3) is 0 Å². The van der Waals surface area contributed by atoms with E-state index in [1.54, 1.807) is 12.3 Å². The Kier molecular flexibility index (Phi) is 3.92. The summed E-state index contributed by atoms with van der Waals surface area (Å²) in [5, 5.41) is 0.308. The van der Waals surface area contributed by atoms with Gasteiger partial charge in [-0.1, -0.05) is 11.6 Å². The van der Waals surface area contributed by atoms with Crippen LogP contribution in [0.15, 0.2) is 35.4 Å². The lowest BCUT2D eigenvalue weighted by Gasteiger charge is -2.11. The fourth-order valence-electron chi connectivity index (χ4n) is 2.02. The van der Waals surface area contributed by atoms with Crippen molar-refractivity contribution in [2.45, 2.75) is 23.7 Å². The highest BCUT2D eigenvalue weighted by Gasteiger charge is 2.27. The Hall–Kier alpha value is -1.86. The van der Waals surface area contributed by atoms with Crippen LogP contribution in [0.4, 0.5) is 5.82 Å². The van der Waals surface area contributed by atoms with Crippen LogP contribution in [0.3, 0.4) is 0 Å². The van der Waals surface area contributed by atoms with E-state index < -0.39 is 10.0 Å². The molecule has 0 amide bonds. The number of hydrogen-bond acceptors (Lipinski definition) is 5. The fraction of sp³-hybridized carbons (Fsp3) is 0.286. The number of benzene rings is 1. The van der Waals surface area contributed by atoms with Gasteiger partial charge in [-0.25, -0.2) is 18.4 Å². The van der Waals surface area contributed by atoms with Crippen molar-refractivity contribution in [3.63, 3.8) is 0 Å². The molecule has 0 saturated heterocycles. The normalized spacial score (nSPS) is 14.6. The number of sulfonamides is 1. The zero-order valence-electron chi connectivity index (χ0n) is 11.8. The number of rotatable bonds is 5. The third-order valence-corrected chi connectivity index (χ3v) is 4.88. The number of halogens is 1. The van der Waals surface area contributed by atoms with Crippen LogP contribution in [0.1, 0.15) is 24.6 Å². The second-order valence-electron chi connectivity index (χ2n) is 4.98. The Labute approximate surface area is 133 Å². The molecular formula is C14H14ClN3O3S. The first-order valence-electron chi connectivity index (χ1n) is 6.69. The third-order valence-electron chi connectivity index (χ3n) is 3.27. The molecule has 1 aromatic carbocycles. The lowest BCUT2D eigenvalue weighted by molar-refractivity contribution is 0.403. The van der Waals surface area contributed by atoms with E-state index in [-0.39, 0.29) is 16.5 Å². The van der Waals surface area contributed by atoms with Gasteiger partial charge in [-0.2, -0.15) is 0 Å². The second kappa shape index (κ2) is 5.73. The maximum atomic E-state index is 12.5. The predicted molar refractivity (Wildman–Crippen MR) is 82.8 cm³/mol. The number of methoxy groups -OCH3 is 1. The van der Waals surface area contributed by atoms with E-state index in [4.69, 9.17) is 16.3 Å². The summed E-state index contributed by atoms with van der Waals surface area (Å²) < 4.78 is 32.6. The Bertz CT molecular complexity index is 807. The molecule has 116 valence electrons. The summed E-state index contributed by atoms with van der Waals surface area (Å²) >= 11 is 5.88. The molecule has 0 spiro atoms. The molecule has 3 rings (SSSR count).